The third-order valence-corrected chi connectivity index (χ3v) is 3.77. The van der Waals surface area contributed by atoms with E-state index >= 15 is 0 Å². The normalized spacial score (nSPS) is 20.9. The highest BCUT2D eigenvalue weighted by atomic mass is 32.2. The fourth-order valence-corrected chi connectivity index (χ4v) is 2.78. The second-order valence-corrected chi connectivity index (χ2v) is 5.12. The van der Waals surface area contributed by atoms with Crippen LogP contribution in [0.4, 0.5) is 0 Å². The van der Waals surface area contributed by atoms with E-state index in [1.54, 1.807) is 6.08 Å². The molecule has 86 valence electrons. The average molecular weight is 228 g/mol. The van der Waals surface area contributed by atoms with Gasteiger partial charge < -0.3 is 10.6 Å². The molecule has 0 aromatic heterocycles. The summed E-state index contributed by atoms with van der Waals surface area (Å²) in [4.78, 5) is 11.3. The molecule has 0 aliphatic carbocycles. The van der Waals surface area contributed by atoms with Crippen molar-refractivity contribution in [1.82, 2.24) is 10.6 Å². The first-order valence-corrected chi connectivity index (χ1v) is 6.57. The van der Waals surface area contributed by atoms with Gasteiger partial charge in [-0.1, -0.05) is 12.5 Å². The van der Waals surface area contributed by atoms with E-state index in [4.69, 9.17) is 0 Å². The molecule has 1 heterocycles. The summed E-state index contributed by atoms with van der Waals surface area (Å²) in [7, 11) is 0. The summed E-state index contributed by atoms with van der Waals surface area (Å²) in [6.45, 7) is 5.48. The first-order valence-electron chi connectivity index (χ1n) is 5.53. The molecule has 0 radical (unpaired) electrons. The third-order valence-electron chi connectivity index (χ3n) is 2.38. The molecule has 0 aromatic carbocycles. The summed E-state index contributed by atoms with van der Waals surface area (Å²) in [5, 5.41) is 6.57. The van der Waals surface area contributed by atoms with E-state index in [2.05, 4.69) is 17.2 Å². The van der Waals surface area contributed by atoms with Gasteiger partial charge in [0, 0.05) is 18.3 Å². The number of thioether (sulfide) groups is 1. The van der Waals surface area contributed by atoms with Crippen molar-refractivity contribution in [3.63, 3.8) is 0 Å². The Hall–Kier alpha value is -0.480. The molecule has 1 atom stereocenters. The molecule has 15 heavy (non-hydrogen) atoms. The maximum absolute atomic E-state index is 11.3. The van der Waals surface area contributed by atoms with Gasteiger partial charge >= 0.3 is 0 Å². The van der Waals surface area contributed by atoms with E-state index < -0.39 is 0 Å². The van der Waals surface area contributed by atoms with Gasteiger partial charge in [0.1, 0.15) is 0 Å². The quantitative estimate of drug-likeness (QED) is 0.529. The topological polar surface area (TPSA) is 41.1 Å². The summed E-state index contributed by atoms with van der Waals surface area (Å²) in [5.41, 5.74) is 0. The van der Waals surface area contributed by atoms with Crippen molar-refractivity contribution >= 4 is 17.7 Å². The van der Waals surface area contributed by atoms with Crippen molar-refractivity contribution in [3.8, 4) is 0 Å². The lowest BCUT2D eigenvalue weighted by Gasteiger charge is -2.21. The van der Waals surface area contributed by atoms with Crippen LogP contribution in [0.5, 0.6) is 0 Å². The van der Waals surface area contributed by atoms with Gasteiger partial charge in [0.15, 0.2) is 0 Å². The van der Waals surface area contributed by atoms with Crippen LogP contribution < -0.4 is 10.6 Å². The van der Waals surface area contributed by atoms with E-state index in [0.717, 1.165) is 6.54 Å². The Morgan fingerprint density at radius 3 is 3.07 bits per heavy atom. The second kappa shape index (κ2) is 7.77. The molecule has 2 N–H and O–H groups in total. The zero-order valence-electron chi connectivity index (χ0n) is 9.13. The number of carbonyl (C=O) groups is 1. The molecule has 4 heteroatoms. The number of hydrogen-bond acceptors (Lipinski definition) is 3. The highest BCUT2D eigenvalue weighted by Crippen LogP contribution is 2.24. The lowest BCUT2D eigenvalue weighted by Crippen LogP contribution is -2.38. The molecule has 1 saturated heterocycles. The van der Waals surface area contributed by atoms with Crippen LogP contribution in [0.3, 0.4) is 0 Å². The molecule has 0 aromatic rings. The minimum absolute atomic E-state index is 0.0861. The average Bonchev–Trinajstić information content (AvgIpc) is 2.28. The highest BCUT2D eigenvalue weighted by Gasteiger charge is 2.14. The molecule has 1 aliphatic rings. The van der Waals surface area contributed by atoms with Gasteiger partial charge in [-0.15, -0.1) is 6.58 Å². The molecule has 1 fully saturated rings. The Balaban J connectivity index is 2.02. The highest BCUT2D eigenvalue weighted by molar-refractivity contribution is 7.99. The summed E-state index contributed by atoms with van der Waals surface area (Å²) >= 11 is 1.98. The maximum Gasteiger partial charge on any atom is 0.234 e. The standard InChI is InChI=1S/C11H20N2OS/c1-2-6-12-9-11(14)13-8-10-5-3-4-7-15-10/h2,10,12H,1,3-9H2,(H,13,14). The van der Waals surface area contributed by atoms with Crippen molar-refractivity contribution in [2.24, 2.45) is 0 Å². The van der Waals surface area contributed by atoms with Crippen molar-refractivity contribution in [2.75, 3.05) is 25.4 Å². The molecule has 0 saturated carbocycles. The molecular formula is C11H20N2OS. The molecule has 1 unspecified atom stereocenters. The van der Waals surface area contributed by atoms with Crippen molar-refractivity contribution in [3.05, 3.63) is 12.7 Å². The lowest BCUT2D eigenvalue weighted by molar-refractivity contribution is -0.120. The van der Waals surface area contributed by atoms with Gasteiger partial charge in [0.05, 0.1) is 6.54 Å². The Labute approximate surface area is 96.1 Å². The number of hydrogen-bond donors (Lipinski definition) is 2. The van der Waals surface area contributed by atoms with Gasteiger partial charge in [-0.25, -0.2) is 0 Å². The lowest BCUT2D eigenvalue weighted by atomic mass is 10.2. The van der Waals surface area contributed by atoms with E-state index in [1.807, 2.05) is 11.8 Å². The van der Waals surface area contributed by atoms with Crippen molar-refractivity contribution < 1.29 is 4.79 Å². The van der Waals surface area contributed by atoms with Crippen LogP contribution in [0, 0.1) is 0 Å². The predicted octanol–water partition coefficient (Wildman–Crippen LogP) is 1.16. The van der Waals surface area contributed by atoms with Crippen LogP contribution >= 0.6 is 11.8 Å². The third kappa shape index (κ3) is 5.85. The minimum atomic E-state index is 0.0861. The zero-order chi connectivity index (χ0) is 10.9. The van der Waals surface area contributed by atoms with Gasteiger partial charge in [-0.05, 0) is 18.6 Å². The van der Waals surface area contributed by atoms with E-state index in [9.17, 15) is 4.79 Å². The monoisotopic (exact) mass is 228 g/mol. The van der Waals surface area contributed by atoms with Crippen LogP contribution in [0.15, 0.2) is 12.7 Å². The van der Waals surface area contributed by atoms with Gasteiger partial charge in [-0.2, -0.15) is 11.8 Å². The first-order chi connectivity index (χ1) is 7.33. The first kappa shape index (κ1) is 12.6. The zero-order valence-corrected chi connectivity index (χ0v) is 9.94. The molecular weight excluding hydrogens is 208 g/mol. The van der Waals surface area contributed by atoms with Crippen LogP contribution in [-0.2, 0) is 4.79 Å². The fraction of sp³-hybridized carbons (Fsp3) is 0.727. The molecule has 1 aliphatic heterocycles. The summed E-state index contributed by atoms with van der Waals surface area (Å²) in [6.07, 6.45) is 5.63. The Morgan fingerprint density at radius 1 is 1.53 bits per heavy atom. The second-order valence-electron chi connectivity index (χ2n) is 3.71. The van der Waals surface area contributed by atoms with E-state index in [0.29, 0.717) is 18.3 Å². The van der Waals surface area contributed by atoms with Crippen LogP contribution in [-0.4, -0.2) is 36.5 Å². The fourth-order valence-electron chi connectivity index (χ4n) is 1.55. The largest absolute Gasteiger partial charge is 0.354 e. The van der Waals surface area contributed by atoms with Gasteiger partial charge in [0.2, 0.25) is 5.91 Å². The molecule has 3 nitrogen and oxygen atoms in total. The Morgan fingerprint density at radius 2 is 2.40 bits per heavy atom. The molecule has 0 bridgehead atoms. The van der Waals surface area contributed by atoms with E-state index in [-0.39, 0.29) is 5.91 Å². The predicted molar refractivity (Wildman–Crippen MR) is 66.2 cm³/mol. The van der Waals surface area contributed by atoms with Crippen molar-refractivity contribution in [2.45, 2.75) is 24.5 Å². The van der Waals surface area contributed by atoms with Crippen LogP contribution in [0.2, 0.25) is 0 Å². The summed E-state index contributed by atoms with van der Waals surface area (Å²) in [6, 6.07) is 0. The molecule has 1 amide bonds. The summed E-state index contributed by atoms with van der Waals surface area (Å²) in [5.74, 6) is 1.33. The number of carbonyl (C=O) groups excluding carboxylic acids is 1. The summed E-state index contributed by atoms with van der Waals surface area (Å²) < 4.78 is 0. The van der Waals surface area contributed by atoms with Crippen molar-refractivity contribution in [1.29, 1.82) is 0 Å². The number of rotatable bonds is 6. The number of nitrogens with one attached hydrogen (secondary N) is 2. The Kier molecular flexibility index (Phi) is 6.52. The SMILES string of the molecule is C=CCNCC(=O)NCC1CCCCS1. The molecule has 1 rings (SSSR count). The molecule has 0 spiro atoms. The van der Waals surface area contributed by atoms with Gasteiger partial charge in [-0.3, -0.25) is 4.79 Å². The maximum atomic E-state index is 11.3. The van der Waals surface area contributed by atoms with Gasteiger partial charge in [0.25, 0.3) is 0 Å². The van der Waals surface area contributed by atoms with Crippen LogP contribution in [0.1, 0.15) is 19.3 Å². The van der Waals surface area contributed by atoms with Crippen LogP contribution in [0.25, 0.3) is 0 Å². The minimum Gasteiger partial charge on any atom is -0.354 e. The Bertz CT molecular complexity index is 203. The smallest absolute Gasteiger partial charge is 0.234 e. The number of amides is 1. The van der Waals surface area contributed by atoms with E-state index in [1.165, 1.54) is 25.0 Å².